The SMILES string of the molecule is Cc1c(/C=N\Nc2ccc(F)cc2F)n(C)n(-c2ccccc2)c1=O. The minimum absolute atomic E-state index is 0.0443. The van der Waals surface area contributed by atoms with Gasteiger partial charge in [-0.2, -0.15) is 5.10 Å². The fraction of sp³-hybridized carbons (Fsp3) is 0.111. The summed E-state index contributed by atoms with van der Waals surface area (Å²) in [5, 5.41) is 3.96. The number of rotatable bonds is 4. The van der Waals surface area contributed by atoms with Gasteiger partial charge in [-0.05, 0) is 31.2 Å². The van der Waals surface area contributed by atoms with Crippen LogP contribution in [0.1, 0.15) is 11.3 Å². The number of benzene rings is 2. The molecule has 2 aromatic carbocycles. The zero-order chi connectivity index (χ0) is 18.0. The van der Waals surface area contributed by atoms with Crippen molar-refractivity contribution < 1.29 is 8.78 Å². The van der Waals surface area contributed by atoms with Crippen LogP contribution in [0.5, 0.6) is 0 Å². The van der Waals surface area contributed by atoms with Gasteiger partial charge in [-0.1, -0.05) is 18.2 Å². The molecule has 0 amide bonds. The van der Waals surface area contributed by atoms with Gasteiger partial charge < -0.3 is 0 Å². The summed E-state index contributed by atoms with van der Waals surface area (Å²) in [5.74, 6) is -1.41. The maximum absolute atomic E-state index is 13.6. The fourth-order valence-electron chi connectivity index (χ4n) is 2.54. The van der Waals surface area contributed by atoms with Gasteiger partial charge in [0.15, 0.2) is 5.82 Å². The third-order valence-electron chi connectivity index (χ3n) is 3.85. The van der Waals surface area contributed by atoms with E-state index in [1.54, 1.807) is 18.7 Å². The molecule has 7 heteroatoms. The lowest BCUT2D eigenvalue weighted by Crippen LogP contribution is -2.20. The first-order chi connectivity index (χ1) is 12.0. The average Bonchev–Trinajstić information content (AvgIpc) is 2.81. The number of hydrazone groups is 1. The van der Waals surface area contributed by atoms with E-state index in [1.807, 2.05) is 30.3 Å². The second-order valence-electron chi connectivity index (χ2n) is 5.48. The summed E-state index contributed by atoms with van der Waals surface area (Å²) < 4.78 is 29.7. The van der Waals surface area contributed by atoms with Gasteiger partial charge in [0.1, 0.15) is 5.82 Å². The Kier molecular flexibility index (Phi) is 4.47. The first-order valence-electron chi connectivity index (χ1n) is 7.57. The molecule has 0 fully saturated rings. The van der Waals surface area contributed by atoms with Crippen molar-refractivity contribution in [1.29, 1.82) is 0 Å². The fourth-order valence-corrected chi connectivity index (χ4v) is 2.54. The highest BCUT2D eigenvalue weighted by atomic mass is 19.1. The van der Waals surface area contributed by atoms with E-state index >= 15 is 0 Å². The van der Waals surface area contributed by atoms with Crippen LogP contribution >= 0.6 is 0 Å². The van der Waals surface area contributed by atoms with Crippen molar-refractivity contribution in [2.24, 2.45) is 12.1 Å². The smallest absolute Gasteiger partial charge is 0.274 e. The second-order valence-corrected chi connectivity index (χ2v) is 5.48. The van der Waals surface area contributed by atoms with Crippen molar-refractivity contribution in [1.82, 2.24) is 9.36 Å². The highest BCUT2D eigenvalue weighted by Crippen LogP contribution is 2.15. The Morgan fingerprint density at radius 1 is 1.12 bits per heavy atom. The van der Waals surface area contributed by atoms with Gasteiger partial charge >= 0.3 is 0 Å². The van der Waals surface area contributed by atoms with Gasteiger partial charge in [-0.15, -0.1) is 0 Å². The summed E-state index contributed by atoms with van der Waals surface area (Å²) >= 11 is 0. The van der Waals surface area contributed by atoms with Crippen LogP contribution in [0.25, 0.3) is 5.69 Å². The third-order valence-corrected chi connectivity index (χ3v) is 3.85. The number of para-hydroxylation sites is 1. The van der Waals surface area contributed by atoms with Gasteiger partial charge in [-0.3, -0.25) is 14.9 Å². The van der Waals surface area contributed by atoms with E-state index in [0.717, 1.165) is 17.8 Å². The standard InChI is InChI=1S/C18H16F2N4O/c1-12-17(11-21-22-16-9-8-13(19)10-15(16)20)23(2)24(18(12)25)14-6-4-3-5-7-14/h3-11,22H,1-2H3/b21-11-. The van der Waals surface area contributed by atoms with E-state index in [0.29, 0.717) is 11.3 Å². The molecule has 0 bridgehead atoms. The number of nitrogens with one attached hydrogen (secondary N) is 1. The number of anilines is 1. The Morgan fingerprint density at radius 2 is 1.84 bits per heavy atom. The Labute approximate surface area is 142 Å². The van der Waals surface area contributed by atoms with E-state index in [-0.39, 0.29) is 11.2 Å². The first-order valence-corrected chi connectivity index (χ1v) is 7.57. The van der Waals surface area contributed by atoms with Crippen molar-refractivity contribution in [3.05, 3.63) is 81.8 Å². The quantitative estimate of drug-likeness (QED) is 0.585. The van der Waals surface area contributed by atoms with E-state index in [4.69, 9.17) is 0 Å². The van der Waals surface area contributed by atoms with Crippen molar-refractivity contribution >= 4 is 11.9 Å². The summed E-state index contributed by atoms with van der Waals surface area (Å²) in [6.45, 7) is 1.70. The first kappa shape index (κ1) is 16.6. The summed E-state index contributed by atoms with van der Waals surface area (Å²) in [6, 6.07) is 12.4. The number of hydrogen-bond donors (Lipinski definition) is 1. The molecule has 0 radical (unpaired) electrons. The van der Waals surface area contributed by atoms with Gasteiger partial charge in [0.2, 0.25) is 0 Å². The highest BCUT2D eigenvalue weighted by molar-refractivity contribution is 5.80. The van der Waals surface area contributed by atoms with E-state index < -0.39 is 11.6 Å². The molecule has 0 spiro atoms. The Balaban J connectivity index is 1.92. The number of halogens is 2. The minimum Gasteiger partial charge on any atom is -0.279 e. The lowest BCUT2D eigenvalue weighted by atomic mass is 10.3. The zero-order valence-corrected chi connectivity index (χ0v) is 13.7. The Hall–Kier alpha value is -3.22. The number of aromatic nitrogens is 2. The van der Waals surface area contributed by atoms with Crippen molar-refractivity contribution in [2.75, 3.05) is 5.43 Å². The van der Waals surface area contributed by atoms with Crippen LogP contribution in [0.3, 0.4) is 0 Å². The Bertz CT molecular complexity index is 990. The van der Waals surface area contributed by atoms with E-state index in [2.05, 4.69) is 10.5 Å². The number of nitrogens with zero attached hydrogens (tertiary/aromatic N) is 3. The lowest BCUT2D eigenvalue weighted by molar-refractivity contribution is 0.585. The normalized spacial score (nSPS) is 11.2. The minimum atomic E-state index is -0.746. The monoisotopic (exact) mass is 342 g/mol. The van der Waals surface area contributed by atoms with Crippen LogP contribution in [0, 0.1) is 18.6 Å². The molecule has 5 nitrogen and oxygen atoms in total. The molecule has 0 aliphatic rings. The molecule has 0 saturated carbocycles. The molecule has 0 atom stereocenters. The van der Waals surface area contributed by atoms with E-state index in [9.17, 15) is 13.6 Å². The van der Waals surface area contributed by atoms with Gasteiger partial charge in [0.05, 0.1) is 23.3 Å². The molecule has 3 aromatic rings. The Morgan fingerprint density at radius 3 is 2.52 bits per heavy atom. The van der Waals surface area contributed by atoms with Gasteiger partial charge in [0, 0.05) is 18.7 Å². The molecule has 25 heavy (non-hydrogen) atoms. The van der Waals surface area contributed by atoms with Gasteiger partial charge in [-0.25, -0.2) is 13.5 Å². The van der Waals surface area contributed by atoms with Gasteiger partial charge in [0.25, 0.3) is 5.56 Å². The van der Waals surface area contributed by atoms with Crippen molar-refractivity contribution in [3.63, 3.8) is 0 Å². The lowest BCUT2D eigenvalue weighted by Gasteiger charge is -2.08. The predicted octanol–water partition coefficient (Wildman–Crippen LogP) is 3.21. The van der Waals surface area contributed by atoms with Crippen LogP contribution in [0.15, 0.2) is 58.4 Å². The van der Waals surface area contributed by atoms with Crippen molar-refractivity contribution in [3.8, 4) is 5.69 Å². The van der Waals surface area contributed by atoms with Crippen LogP contribution < -0.4 is 11.0 Å². The summed E-state index contributed by atoms with van der Waals surface area (Å²) in [4.78, 5) is 12.5. The molecule has 1 heterocycles. The van der Waals surface area contributed by atoms with Crippen LogP contribution in [-0.4, -0.2) is 15.6 Å². The highest BCUT2D eigenvalue weighted by Gasteiger charge is 2.14. The molecule has 0 aliphatic carbocycles. The third kappa shape index (κ3) is 3.21. The van der Waals surface area contributed by atoms with Crippen molar-refractivity contribution in [2.45, 2.75) is 6.92 Å². The second kappa shape index (κ2) is 6.72. The molecule has 128 valence electrons. The van der Waals surface area contributed by atoms with Crippen LogP contribution in [0.2, 0.25) is 0 Å². The summed E-state index contributed by atoms with van der Waals surface area (Å²) in [6.07, 6.45) is 1.43. The largest absolute Gasteiger partial charge is 0.279 e. The van der Waals surface area contributed by atoms with Crippen LogP contribution in [0.4, 0.5) is 14.5 Å². The molecule has 0 unspecified atom stereocenters. The molecule has 3 rings (SSSR count). The molecular weight excluding hydrogens is 326 g/mol. The molecule has 1 N–H and O–H groups in total. The zero-order valence-electron chi connectivity index (χ0n) is 13.7. The predicted molar refractivity (Wildman–Crippen MR) is 93.3 cm³/mol. The molecule has 0 saturated heterocycles. The molecule has 1 aromatic heterocycles. The number of hydrogen-bond acceptors (Lipinski definition) is 3. The average molecular weight is 342 g/mol. The maximum Gasteiger partial charge on any atom is 0.274 e. The molecule has 0 aliphatic heterocycles. The maximum atomic E-state index is 13.6. The topological polar surface area (TPSA) is 51.3 Å². The van der Waals surface area contributed by atoms with E-state index in [1.165, 1.54) is 17.0 Å². The summed E-state index contributed by atoms with van der Waals surface area (Å²) in [7, 11) is 1.74. The molecular formula is C18H16F2N4O. The summed E-state index contributed by atoms with van der Waals surface area (Å²) in [5.41, 5.74) is 4.21. The van der Waals surface area contributed by atoms with Crippen LogP contribution in [-0.2, 0) is 7.05 Å².